The number of carbonyl (C=O) groups excluding carboxylic acids is 1. The van der Waals surface area contributed by atoms with Gasteiger partial charge in [-0.05, 0) is 31.5 Å². The number of pyridine rings is 1. The molecule has 1 aromatic carbocycles. The summed E-state index contributed by atoms with van der Waals surface area (Å²) in [5.41, 5.74) is 1.30. The average molecular weight is 352 g/mol. The molecule has 2 heterocycles. The molecule has 0 aliphatic carbocycles. The summed E-state index contributed by atoms with van der Waals surface area (Å²) in [7, 11) is 1.75. The van der Waals surface area contributed by atoms with Crippen molar-refractivity contribution in [3.8, 4) is 5.88 Å². The number of ether oxygens (including phenoxy) is 3. The standard InChI is InChI=1S/C17H18F2N2O4/c1-3-24-15(22)8-25-17-10-5-12(19)11(18)4-9(10)16-13(20-2)6-23-7-14(16)21-17/h4-5,13,20H,3,6-8H2,1-2H3. The van der Waals surface area contributed by atoms with Gasteiger partial charge in [-0.25, -0.2) is 18.6 Å². The van der Waals surface area contributed by atoms with E-state index in [1.54, 1.807) is 14.0 Å². The smallest absolute Gasteiger partial charge is 0.344 e. The minimum atomic E-state index is -1.01. The summed E-state index contributed by atoms with van der Waals surface area (Å²) in [6.07, 6.45) is 0. The Kier molecular flexibility index (Phi) is 5.10. The van der Waals surface area contributed by atoms with Crippen LogP contribution in [0.5, 0.6) is 5.88 Å². The molecule has 1 unspecified atom stereocenters. The molecule has 0 fully saturated rings. The lowest BCUT2D eigenvalue weighted by Crippen LogP contribution is -2.28. The molecular weight excluding hydrogens is 334 g/mol. The number of nitrogens with zero attached hydrogens (tertiary/aromatic N) is 1. The molecule has 134 valence electrons. The highest BCUT2D eigenvalue weighted by molar-refractivity contribution is 5.91. The number of nitrogens with one attached hydrogen (secondary N) is 1. The zero-order valence-electron chi connectivity index (χ0n) is 13.9. The van der Waals surface area contributed by atoms with Crippen LogP contribution in [0.25, 0.3) is 10.8 Å². The van der Waals surface area contributed by atoms with Crippen molar-refractivity contribution < 1.29 is 27.8 Å². The summed E-state index contributed by atoms with van der Waals surface area (Å²) < 4.78 is 43.3. The van der Waals surface area contributed by atoms with Gasteiger partial charge in [0.25, 0.3) is 0 Å². The first-order valence-electron chi connectivity index (χ1n) is 7.90. The fourth-order valence-corrected chi connectivity index (χ4v) is 2.87. The highest BCUT2D eigenvalue weighted by Gasteiger charge is 2.26. The maximum absolute atomic E-state index is 13.8. The van der Waals surface area contributed by atoms with Gasteiger partial charge in [-0.15, -0.1) is 0 Å². The number of likely N-dealkylation sites (N-methyl/N-ethyl adjacent to an activating group) is 1. The monoisotopic (exact) mass is 352 g/mol. The molecule has 0 radical (unpaired) electrons. The minimum Gasteiger partial charge on any atom is -0.465 e. The number of hydrogen-bond donors (Lipinski definition) is 1. The fourth-order valence-electron chi connectivity index (χ4n) is 2.87. The molecule has 6 nitrogen and oxygen atoms in total. The lowest BCUT2D eigenvalue weighted by atomic mass is 9.96. The molecule has 2 aromatic rings. The van der Waals surface area contributed by atoms with E-state index in [9.17, 15) is 13.6 Å². The maximum Gasteiger partial charge on any atom is 0.344 e. The Labute approximate surface area is 143 Å². The number of benzene rings is 1. The summed E-state index contributed by atoms with van der Waals surface area (Å²) in [5, 5.41) is 3.85. The molecule has 1 aromatic heterocycles. The van der Waals surface area contributed by atoms with Crippen molar-refractivity contribution in [1.82, 2.24) is 10.3 Å². The number of halogens is 2. The third-order valence-corrected chi connectivity index (χ3v) is 3.98. The Morgan fingerprint density at radius 3 is 2.76 bits per heavy atom. The van der Waals surface area contributed by atoms with Crippen molar-refractivity contribution >= 4 is 16.7 Å². The van der Waals surface area contributed by atoms with Gasteiger partial charge in [-0.3, -0.25) is 0 Å². The van der Waals surface area contributed by atoms with Gasteiger partial charge in [0.2, 0.25) is 5.88 Å². The van der Waals surface area contributed by atoms with Gasteiger partial charge in [0, 0.05) is 10.9 Å². The van der Waals surface area contributed by atoms with Crippen LogP contribution < -0.4 is 10.1 Å². The molecule has 0 saturated heterocycles. The van der Waals surface area contributed by atoms with E-state index >= 15 is 0 Å². The van der Waals surface area contributed by atoms with E-state index in [2.05, 4.69) is 10.3 Å². The molecule has 3 rings (SSSR count). The lowest BCUT2D eigenvalue weighted by Gasteiger charge is -2.27. The zero-order chi connectivity index (χ0) is 18.0. The Bertz CT molecular complexity index is 813. The summed E-state index contributed by atoms with van der Waals surface area (Å²) >= 11 is 0. The number of rotatable bonds is 5. The highest BCUT2D eigenvalue weighted by atomic mass is 19.2. The van der Waals surface area contributed by atoms with Crippen LogP contribution in [0.1, 0.15) is 24.2 Å². The second-order valence-electron chi connectivity index (χ2n) is 5.54. The molecule has 1 N–H and O–H groups in total. The van der Waals surface area contributed by atoms with Crippen LogP contribution in [0.3, 0.4) is 0 Å². The van der Waals surface area contributed by atoms with Crippen molar-refractivity contribution in [3.05, 3.63) is 35.0 Å². The largest absolute Gasteiger partial charge is 0.465 e. The topological polar surface area (TPSA) is 69.7 Å². The first kappa shape index (κ1) is 17.5. The van der Waals surface area contributed by atoms with Gasteiger partial charge < -0.3 is 19.5 Å². The Morgan fingerprint density at radius 2 is 2.08 bits per heavy atom. The second-order valence-corrected chi connectivity index (χ2v) is 5.54. The van der Waals surface area contributed by atoms with E-state index in [-0.39, 0.29) is 31.7 Å². The van der Waals surface area contributed by atoms with Crippen molar-refractivity contribution in [2.75, 3.05) is 26.9 Å². The molecule has 25 heavy (non-hydrogen) atoms. The number of fused-ring (bicyclic) bond motifs is 3. The van der Waals surface area contributed by atoms with E-state index in [0.29, 0.717) is 23.1 Å². The van der Waals surface area contributed by atoms with Gasteiger partial charge in [-0.2, -0.15) is 0 Å². The Balaban J connectivity index is 2.11. The minimum absolute atomic E-state index is 0.0426. The van der Waals surface area contributed by atoms with Crippen molar-refractivity contribution in [3.63, 3.8) is 0 Å². The molecule has 0 saturated carbocycles. The van der Waals surface area contributed by atoms with Gasteiger partial charge in [-0.1, -0.05) is 0 Å². The summed E-state index contributed by atoms with van der Waals surface area (Å²) in [6.45, 7) is 2.14. The van der Waals surface area contributed by atoms with Crippen LogP contribution in [-0.4, -0.2) is 37.8 Å². The SMILES string of the molecule is CCOC(=O)COc1nc2c(c3cc(F)c(F)cc13)C(NC)COC2. The summed E-state index contributed by atoms with van der Waals surface area (Å²) in [5.74, 6) is -2.50. The van der Waals surface area contributed by atoms with Crippen LogP contribution in [0.4, 0.5) is 8.78 Å². The van der Waals surface area contributed by atoms with Crippen molar-refractivity contribution in [2.24, 2.45) is 0 Å². The zero-order valence-corrected chi connectivity index (χ0v) is 13.9. The average Bonchev–Trinajstić information content (AvgIpc) is 2.60. The number of carbonyl (C=O) groups is 1. The van der Waals surface area contributed by atoms with Crippen LogP contribution in [0, 0.1) is 11.6 Å². The normalized spacial score (nSPS) is 16.6. The highest BCUT2D eigenvalue weighted by Crippen LogP contribution is 2.36. The Hall–Kier alpha value is -2.32. The first-order valence-corrected chi connectivity index (χ1v) is 7.90. The van der Waals surface area contributed by atoms with Gasteiger partial charge >= 0.3 is 5.97 Å². The summed E-state index contributed by atoms with van der Waals surface area (Å²) in [4.78, 5) is 15.9. The molecular formula is C17H18F2N2O4. The van der Waals surface area contributed by atoms with E-state index in [1.807, 2.05) is 0 Å². The lowest BCUT2D eigenvalue weighted by molar-refractivity contribution is -0.145. The predicted molar refractivity (Wildman–Crippen MR) is 85.2 cm³/mol. The molecule has 0 amide bonds. The van der Waals surface area contributed by atoms with Gasteiger partial charge in [0.05, 0.1) is 31.6 Å². The summed E-state index contributed by atoms with van der Waals surface area (Å²) in [6, 6.07) is 1.95. The van der Waals surface area contributed by atoms with Crippen LogP contribution >= 0.6 is 0 Å². The molecule has 1 aliphatic rings. The number of esters is 1. The number of hydrogen-bond acceptors (Lipinski definition) is 6. The van der Waals surface area contributed by atoms with Crippen LogP contribution in [0.15, 0.2) is 12.1 Å². The van der Waals surface area contributed by atoms with Gasteiger partial charge in [0.15, 0.2) is 18.2 Å². The maximum atomic E-state index is 13.8. The fraction of sp³-hybridized carbons (Fsp3) is 0.412. The number of aromatic nitrogens is 1. The third-order valence-electron chi connectivity index (χ3n) is 3.98. The molecule has 1 aliphatic heterocycles. The van der Waals surface area contributed by atoms with Crippen molar-refractivity contribution in [2.45, 2.75) is 19.6 Å². The van der Waals surface area contributed by atoms with Gasteiger partial charge in [0.1, 0.15) is 0 Å². The van der Waals surface area contributed by atoms with Crippen LogP contribution in [0.2, 0.25) is 0 Å². The van der Waals surface area contributed by atoms with E-state index < -0.39 is 17.6 Å². The first-order chi connectivity index (χ1) is 12.0. The molecule has 0 spiro atoms. The van der Waals surface area contributed by atoms with E-state index in [4.69, 9.17) is 14.2 Å². The van der Waals surface area contributed by atoms with E-state index in [0.717, 1.165) is 17.7 Å². The quantitative estimate of drug-likeness (QED) is 0.833. The predicted octanol–water partition coefficient (Wildman–Crippen LogP) is 2.25. The molecule has 1 atom stereocenters. The Morgan fingerprint density at radius 1 is 1.36 bits per heavy atom. The second kappa shape index (κ2) is 7.28. The van der Waals surface area contributed by atoms with Crippen molar-refractivity contribution in [1.29, 1.82) is 0 Å². The third kappa shape index (κ3) is 3.40. The molecule has 0 bridgehead atoms. The van der Waals surface area contributed by atoms with Crippen LogP contribution in [-0.2, 0) is 20.9 Å². The van der Waals surface area contributed by atoms with E-state index in [1.165, 1.54) is 0 Å². The molecule has 8 heteroatoms.